The van der Waals surface area contributed by atoms with E-state index < -0.39 is 0 Å². The summed E-state index contributed by atoms with van der Waals surface area (Å²) in [7, 11) is 2.16. The second kappa shape index (κ2) is 9.75. The molecule has 1 aromatic heterocycles. The van der Waals surface area contributed by atoms with Crippen LogP contribution in [0.25, 0.3) is 12.2 Å². The van der Waals surface area contributed by atoms with Crippen LogP contribution in [0.5, 0.6) is 0 Å². The summed E-state index contributed by atoms with van der Waals surface area (Å²) in [4.78, 5) is 20.1. The molecule has 28 heavy (non-hydrogen) atoms. The van der Waals surface area contributed by atoms with Crippen molar-refractivity contribution in [2.24, 2.45) is 13.0 Å². The number of hydrogen-bond donors (Lipinski definition) is 0. The van der Waals surface area contributed by atoms with Gasteiger partial charge >= 0.3 is 0 Å². The zero-order valence-electron chi connectivity index (χ0n) is 18.3. The molecule has 2 aliphatic heterocycles. The van der Waals surface area contributed by atoms with Gasteiger partial charge in [0.1, 0.15) is 0 Å². The minimum Gasteiger partial charge on any atom is -0.347 e. The summed E-state index contributed by atoms with van der Waals surface area (Å²) in [5.41, 5.74) is 1.36. The second-order valence-electron chi connectivity index (χ2n) is 8.33. The van der Waals surface area contributed by atoms with E-state index in [-0.39, 0.29) is 5.92 Å². The van der Waals surface area contributed by atoms with E-state index in [1.165, 1.54) is 22.7 Å². The molecule has 0 radical (unpaired) electrons. The lowest BCUT2D eigenvalue weighted by atomic mass is 9.95. The van der Waals surface area contributed by atoms with Crippen molar-refractivity contribution in [3.63, 3.8) is 0 Å². The van der Waals surface area contributed by atoms with E-state index in [1.54, 1.807) is 0 Å². The van der Waals surface area contributed by atoms with Crippen molar-refractivity contribution >= 4 is 18.1 Å². The van der Waals surface area contributed by atoms with Gasteiger partial charge in [0.25, 0.3) is 0 Å². The van der Waals surface area contributed by atoms with E-state index in [4.69, 9.17) is 0 Å². The number of likely N-dealkylation sites (tertiary alicyclic amines) is 1. The largest absolute Gasteiger partial charge is 0.347 e. The molecular formula is C23H38N4O. The van der Waals surface area contributed by atoms with Crippen LogP contribution in [0.2, 0.25) is 0 Å². The minimum atomic E-state index is 0.224. The van der Waals surface area contributed by atoms with Crippen LogP contribution in [-0.4, -0.2) is 71.0 Å². The number of nitrogens with zero attached hydrogens (tertiary/aromatic N) is 4. The second-order valence-corrected chi connectivity index (χ2v) is 8.33. The maximum atomic E-state index is 12.9. The maximum absolute atomic E-state index is 12.9. The number of carbonyl (C=O) groups is 1. The molecule has 0 spiro atoms. The van der Waals surface area contributed by atoms with Gasteiger partial charge in [-0.1, -0.05) is 19.1 Å². The topological polar surface area (TPSA) is 31.7 Å². The van der Waals surface area contributed by atoms with Crippen molar-refractivity contribution in [2.45, 2.75) is 46.6 Å². The fraction of sp³-hybridized carbons (Fsp3) is 0.696. The molecule has 0 bridgehead atoms. The summed E-state index contributed by atoms with van der Waals surface area (Å²) in [5.74, 6) is 0.627. The average molecular weight is 387 g/mol. The Hall–Kier alpha value is -1.59. The number of carbonyl (C=O) groups excluding carboxylic acids is 1. The van der Waals surface area contributed by atoms with Gasteiger partial charge in [-0.05, 0) is 64.0 Å². The smallest absolute Gasteiger partial charge is 0.225 e. The molecule has 0 atom stereocenters. The molecule has 5 nitrogen and oxygen atoms in total. The molecule has 2 aliphatic rings. The van der Waals surface area contributed by atoms with Gasteiger partial charge in [-0.25, -0.2) is 0 Å². The fourth-order valence-electron chi connectivity index (χ4n) is 4.78. The average Bonchev–Trinajstić information content (AvgIpc) is 3.03. The van der Waals surface area contributed by atoms with Gasteiger partial charge in [0.15, 0.2) is 0 Å². The number of piperazine rings is 1. The van der Waals surface area contributed by atoms with Gasteiger partial charge in [0, 0.05) is 56.7 Å². The highest BCUT2D eigenvalue weighted by Gasteiger charge is 2.30. The first kappa shape index (κ1) is 21.1. The number of aromatic nitrogens is 1. The normalized spacial score (nSPS) is 21.6. The molecule has 0 aliphatic carbocycles. The number of rotatable bonds is 5. The summed E-state index contributed by atoms with van der Waals surface area (Å²) in [6, 6.07) is 2.31. The third kappa shape index (κ3) is 4.69. The Balaban J connectivity index is 1.51. The Morgan fingerprint density at radius 3 is 2.25 bits per heavy atom. The van der Waals surface area contributed by atoms with E-state index in [2.05, 4.69) is 65.3 Å². The molecule has 2 fully saturated rings. The first-order chi connectivity index (χ1) is 13.6. The molecule has 3 rings (SSSR count). The Kier molecular flexibility index (Phi) is 7.36. The lowest BCUT2D eigenvalue weighted by molar-refractivity contribution is -0.138. The summed E-state index contributed by atoms with van der Waals surface area (Å²) in [6.45, 7) is 14.5. The van der Waals surface area contributed by atoms with E-state index in [0.29, 0.717) is 5.91 Å². The van der Waals surface area contributed by atoms with Crippen molar-refractivity contribution in [2.75, 3.05) is 45.8 Å². The van der Waals surface area contributed by atoms with Gasteiger partial charge in [-0.3, -0.25) is 14.6 Å². The predicted octanol–water partition coefficient (Wildman–Crippen LogP) is 1.39. The van der Waals surface area contributed by atoms with Crippen molar-refractivity contribution in [1.29, 1.82) is 0 Å². The molecule has 5 heteroatoms. The van der Waals surface area contributed by atoms with Crippen LogP contribution in [0.1, 0.15) is 45.7 Å². The zero-order chi connectivity index (χ0) is 20.1. The third-order valence-corrected chi connectivity index (χ3v) is 6.54. The summed E-state index contributed by atoms with van der Waals surface area (Å²) >= 11 is 0. The van der Waals surface area contributed by atoms with Crippen LogP contribution >= 0.6 is 0 Å². The lowest BCUT2D eigenvalue weighted by Gasteiger charge is -2.38. The molecule has 1 aromatic rings. The van der Waals surface area contributed by atoms with E-state index in [9.17, 15) is 4.79 Å². The van der Waals surface area contributed by atoms with Gasteiger partial charge in [-0.2, -0.15) is 0 Å². The van der Waals surface area contributed by atoms with Crippen LogP contribution < -0.4 is 10.6 Å². The van der Waals surface area contributed by atoms with E-state index in [1.807, 2.05) is 0 Å². The van der Waals surface area contributed by atoms with Crippen LogP contribution in [-0.2, 0) is 18.4 Å². The Morgan fingerprint density at radius 2 is 1.71 bits per heavy atom. The highest BCUT2D eigenvalue weighted by Crippen LogP contribution is 2.21. The van der Waals surface area contributed by atoms with Crippen molar-refractivity contribution in [3.05, 3.63) is 22.3 Å². The zero-order valence-corrected chi connectivity index (χ0v) is 18.3. The molecule has 0 saturated carbocycles. The summed E-state index contributed by atoms with van der Waals surface area (Å²) in [6.07, 6.45) is 7.56. The molecular weight excluding hydrogens is 348 g/mol. The quantitative estimate of drug-likeness (QED) is 0.767. The summed E-state index contributed by atoms with van der Waals surface area (Å²) < 4.78 is 2.31. The SMILES string of the molecule is CC=c1cc(CN2CCC(C(=O)N3CCN(CCC)CC3)CC2)n(C)c1=CC. The first-order valence-corrected chi connectivity index (χ1v) is 11.1. The van der Waals surface area contributed by atoms with E-state index >= 15 is 0 Å². The maximum Gasteiger partial charge on any atom is 0.225 e. The van der Waals surface area contributed by atoms with Crippen LogP contribution in [0.3, 0.4) is 0 Å². The highest BCUT2D eigenvalue weighted by molar-refractivity contribution is 5.79. The standard InChI is InChI=1S/C23H38N4O/c1-5-10-25-13-15-27(16-14-25)23(28)20-8-11-26(12-9-20)18-21-17-19(6-2)22(7-3)24(21)4/h6-7,17,20H,5,8-16,18H2,1-4H3. The van der Waals surface area contributed by atoms with Crippen LogP contribution in [0.15, 0.2) is 6.07 Å². The lowest BCUT2D eigenvalue weighted by Crippen LogP contribution is -2.51. The molecule has 3 heterocycles. The van der Waals surface area contributed by atoms with Gasteiger partial charge in [0.2, 0.25) is 5.91 Å². The van der Waals surface area contributed by atoms with Gasteiger partial charge in [0.05, 0.1) is 0 Å². The monoisotopic (exact) mass is 386 g/mol. The van der Waals surface area contributed by atoms with E-state index in [0.717, 1.165) is 65.2 Å². The Labute approximate surface area is 170 Å². The summed E-state index contributed by atoms with van der Waals surface area (Å²) in [5, 5.41) is 2.61. The molecule has 156 valence electrons. The molecule has 0 N–H and O–H groups in total. The van der Waals surface area contributed by atoms with Crippen LogP contribution in [0, 0.1) is 5.92 Å². The molecule has 0 unspecified atom stereocenters. The minimum absolute atomic E-state index is 0.224. The van der Waals surface area contributed by atoms with Gasteiger partial charge in [-0.15, -0.1) is 0 Å². The number of piperidine rings is 1. The molecule has 2 saturated heterocycles. The molecule has 1 amide bonds. The molecule has 0 aromatic carbocycles. The first-order valence-electron chi connectivity index (χ1n) is 11.1. The number of amides is 1. The van der Waals surface area contributed by atoms with Crippen molar-refractivity contribution < 1.29 is 4.79 Å². The van der Waals surface area contributed by atoms with Crippen LogP contribution in [0.4, 0.5) is 0 Å². The Morgan fingerprint density at radius 1 is 1.04 bits per heavy atom. The fourth-order valence-corrected chi connectivity index (χ4v) is 4.78. The number of hydrogen-bond acceptors (Lipinski definition) is 3. The highest BCUT2D eigenvalue weighted by atomic mass is 16.2. The van der Waals surface area contributed by atoms with Crippen molar-refractivity contribution in [1.82, 2.24) is 19.3 Å². The van der Waals surface area contributed by atoms with Crippen molar-refractivity contribution in [3.8, 4) is 0 Å². The predicted molar refractivity (Wildman–Crippen MR) is 116 cm³/mol. The van der Waals surface area contributed by atoms with Gasteiger partial charge < -0.3 is 9.47 Å². The Bertz CT molecular complexity index is 765. The third-order valence-electron chi connectivity index (χ3n) is 6.54.